The third kappa shape index (κ3) is 4.13. The Balaban J connectivity index is 2.79. The summed E-state index contributed by atoms with van der Waals surface area (Å²) in [5.74, 6) is 0. The molecule has 0 spiro atoms. The molecule has 74 valence electrons. The molecular weight excluding hydrogens is 398 g/mol. The zero-order chi connectivity index (χ0) is 10.2. The predicted molar refractivity (Wildman–Crippen MR) is 80.2 cm³/mol. The van der Waals surface area contributed by atoms with Crippen LogP contribution in [0.25, 0.3) is 0 Å². The number of rotatable bonds is 4. The second-order valence-corrected chi connectivity index (χ2v) is 4.34. The van der Waals surface area contributed by atoms with Gasteiger partial charge in [-0.3, -0.25) is 0 Å². The molecule has 0 aliphatic rings. The summed E-state index contributed by atoms with van der Waals surface area (Å²) in [5.41, 5.74) is 2.85. The Labute approximate surface area is 113 Å². The summed E-state index contributed by atoms with van der Waals surface area (Å²) in [4.78, 5) is 0. The molecule has 0 bridgehead atoms. The molecule has 0 aromatic heterocycles. The number of allylic oxidation sites excluding steroid dienone is 2. The van der Waals surface area contributed by atoms with Crippen molar-refractivity contribution < 1.29 is 0 Å². The number of hydrogen-bond donors (Lipinski definition) is 0. The average molecular weight is 410 g/mol. The maximum atomic E-state index is 2.26. The summed E-state index contributed by atoms with van der Waals surface area (Å²) in [6, 6.07) is 8.61. The third-order valence-electron chi connectivity index (χ3n) is 1.97. The fourth-order valence-corrected chi connectivity index (χ4v) is 1.81. The Morgan fingerprint density at radius 2 is 1.29 bits per heavy atom. The Morgan fingerprint density at radius 1 is 0.857 bits per heavy atom. The lowest BCUT2D eigenvalue weighted by atomic mass is 10.0. The number of halogens is 2. The Kier molecular flexibility index (Phi) is 6.51. The molecular formula is C12H12I2. The highest BCUT2D eigenvalue weighted by Gasteiger charge is 1.97. The molecule has 0 saturated heterocycles. The monoisotopic (exact) mass is 410 g/mol. The highest BCUT2D eigenvalue weighted by Crippen LogP contribution is 2.12. The van der Waals surface area contributed by atoms with Crippen molar-refractivity contribution in [1.29, 1.82) is 0 Å². The van der Waals surface area contributed by atoms with Crippen molar-refractivity contribution in [3.8, 4) is 0 Å². The van der Waals surface area contributed by atoms with Gasteiger partial charge in [0, 0.05) is 0 Å². The third-order valence-corrected chi connectivity index (χ3v) is 2.99. The number of benzene rings is 1. The number of hydrogen-bond acceptors (Lipinski definition) is 0. The zero-order valence-corrected chi connectivity index (χ0v) is 12.1. The summed E-state index contributed by atoms with van der Waals surface area (Å²) in [6.45, 7) is 0. The highest BCUT2D eigenvalue weighted by molar-refractivity contribution is 14.1. The Bertz CT molecular complexity index is 294. The van der Waals surface area contributed by atoms with E-state index in [1.54, 1.807) is 0 Å². The topological polar surface area (TPSA) is 0 Å². The van der Waals surface area contributed by atoms with E-state index in [1.165, 1.54) is 11.1 Å². The molecule has 0 aliphatic carbocycles. The van der Waals surface area contributed by atoms with Crippen molar-refractivity contribution in [1.82, 2.24) is 0 Å². The lowest BCUT2D eigenvalue weighted by Crippen LogP contribution is -1.90. The molecule has 1 rings (SSSR count). The standard InChI is InChI=1S/C12H12I2/c13-9-3-7-11-5-1-2-6-12(11)8-4-10-14/h1-6,9-10H,7-8H2. The molecule has 0 amide bonds. The van der Waals surface area contributed by atoms with Gasteiger partial charge in [0.05, 0.1) is 0 Å². The molecule has 0 fully saturated rings. The van der Waals surface area contributed by atoms with Gasteiger partial charge in [0.25, 0.3) is 0 Å². The van der Waals surface area contributed by atoms with E-state index in [2.05, 4.69) is 89.8 Å². The zero-order valence-electron chi connectivity index (χ0n) is 7.79. The maximum Gasteiger partial charge on any atom is -0.00870 e. The van der Waals surface area contributed by atoms with Crippen molar-refractivity contribution in [3.63, 3.8) is 0 Å². The fourth-order valence-electron chi connectivity index (χ4n) is 1.30. The minimum atomic E-state index is 1.04. The molecule has 0 N–H and O–H groups in total. The quantitative estimate of drug-likeness (QED) is 0.634. The summed E-state index contributed by atoms with van der Waals surface area (Å²) < 4.78 is 4.14. The van der Waals surface area contributed by atoms with E-state index in [4.69, 9.17) is 0 Å². The van der Waals surface area contributed by atoms with Gasteiger partial charge in [0.2, 0.25) is 0 Å². The van der Waals surface area contributed by atoms with Crippen LogP contribution in [-0.2, 0) is 12.8 Å². The first kappa shape index (κ1) is 12.2. The first-order chi connectivity index (χ1) is 6.88. The van der Waals surface area contributed by atoms with Crippen LogP contribution in [0.1, 0.15) is 11.1 Å². The normalized spacial score (nSPS) is 11.6. The second kappa shape index (κ2) is 7.45. The van der Waals surface area contributed by atoms with Crippen molar-refractivity contribution >= 4 is 45.2 Å². The molecule has 0 atom stereocenters. The minimum absolute atomic E-state index is 1.04. The van der Waals surface area contributed by atoms with Gasteiger partial charge in [0.15, 0.2) is 0 Å². The Morgan fingerprint density at radius 3 is 1.64 bits per heavy atom. The van der Waals surface area contributed by atoms with E-state index in [1.807, 2.05) is 0 Å². The molecule has 1 aromatic rings. The molecule has 0 aliphatic heterocycles. The molecule has 0 nitrogen and oxygen atoms in total. The van der Waals surface area contributed by atoms with Crippen LogP contribution in [0.4, 0.5) is 0 Å². The van der Waals surface area contributed by atoms with E-state index < -0.39 is 0 Å². The largest absolute Gasteiger partial charge is 0.0740 e. The lowest BCUT2D eigenvalue weighted by molar-refractivity contribution is 1.15. The van der Waals surface area contributed by atoms with Gasteiger partial charge < -0.3 is 0 Å². The molecule has 0 radical (unpaired) electrons. The SMILES string of the molecule is IC=CCc1ccccc1CC=CI. The van der Waals surface area contributed by atoms with E-state index in [0.717, 1.165) is 12.8 Å². The van der Waals surface area contributed by atoms with Crippen LogP contribution in [-0.4, -0.2) is 0 Å². The summed E-state index contributed by atoms with van der Waals surface area (Å²) in [6.07, 6.45) is 6.45. The highest BCUT2D eigenvalue weighted by atomic mass is 127. The maximum absolute atomic E-state index is 2.26. The smallest absolute Gasteiger partial charge is 0.00870 e. The van der Waals surface area contributed by atoms with Gasteiger partial charge in [0.1, 0.15) is 0 Å². The van der Waals surface area contributed by atoms with Crippen molar-refractivity contribution in [3.05, 3.63) is 55.7 Å². The summed E-state index contributed by atoms with van der Waals surface area (Å²) in [7, 11) is 0. The lowest BCUT2D eigenvalue weighted by Gasteiger charge is -2.04. The molecule has 1 aromatic carbocycles. The van der Waals surface area contributed by atoms with Gasteiger partial charge in [-0.25, -0.2) is 0 Å². The van der Waals surface area contributed by atoms with Crippen LogP contribution >= 0.6 is 45.2 Å². The minimum Gasteiger partial charge on any atom is -0.0740 e. The first-order valence-electron chi connectivity index (χ1n) is 4.45. The second-order valence-electron chi connectivity index (χ2n) is 2.90. The van der Waals surface area contributed by atoms with Gasteiger partial charge in [-0.05, 0) is 32.1 Å². The van der Waals surface area contributed by atoms with Crippen molar-refractivity contribution in [2.24, 2.45) is 0 Å². The van der Waals surface area contributed by atoms with Crippen LogP contribution in [0, 0.1) is 0 Å². The van der Waals surface area contributed by atoms with E-state index in [9.17, 15) is 0 Å². The first-order valence-corrected chi connectivity index (χ1v) is 6.95. The van der Waals surface area contributed by atoms with Crippen LogP contribution in [0.3, 0.4) is 0 Å². The molecule has 0 unspecified atom stereocenters. The van der Waals surface area contributed by atoms with Crippen molar-refractivity contribution in [2.75, 3.05) is 0 Å². The van der Waals surface area contributed by atoms with Crippen LogP contribution in [0.15, 0.2) is 44.6 Å². The Hall–Kier alpha value is 0.160. The van der Waals surface area contributed by atoms with Crippen LogP contribution in [0.5, 0.6) is 0 Å². The molecule has 14 heavy (non-hydrogen) atoms. The van der Waals surface area contributed by atoms with Gasteiger partial charge in [-0.15, -0.1) is 0 Å². The fraction of sp³-hybridized carbons (Fsp3) is 0.167. The van der Waals surface area contributed by atoms with E-state index >= 15 is 0 Å². The average Bonchev–Trinajstić information content (AvgIpc) is 2.24. The van der Waals surface area contributed by atoms with E-state index in [-0.39, 0.29) is 0 Å². The van der Waals surface area contributed by atoms with Crippen LogP contribution in [0.2, 0.25) is 0 Å². The van der Waals surface area contributed by atoms with Gasteiger partial charge in [-0.2, -0.15) is 0 Å². The molecule has 2 heteroatoms. The predicted octanol–water partition coefficient (Wildman–Crippen LogP) is 4.67. The molecule has 0 heterocycles. The van der Waals surface area contributed by atoms with Gasteiger partial charge >= 0.3 is 0 Å². The molecule has 0 saturated carbocycles. The van der Waals surface area contributed by atoms with Crippen molar-refractivity contribution in [2.45, 2.75) is 12.8 Å². The van der Waals surface area contributed by atoms with Crippen LogP contribution < -0.4 is 0 Å². The van der Waals surface area contributed by atoms with Gasteiger partial charge in [-0.1, -0.05) is 81.6 Å². The summed E-state index contributed by atoms with van der Waals surface area (Å²) >= 11 is 4.52. The summed E-state index contributed by atoms with van der Waals surface area (Å²) in [5, 5.41) is 0. The van der Waals surface area contributed by atoms with E-state index in [0.29, 0.717) is 0 Å².